The summed E-state index contributed by atoms with van der Waals surface area (Å²) in [6.07, 6.45) is 1.63. The molecular weight excluding hydrogens is 468 g/mol. The minimum atomic E-state index is -0.727. The van der Waals surface area contributed by atoms with Crippen LogP contribution in [0.4, 0.5) is 0 Å². The van der Waals surface area contributed by atoms with Crippen molar-refractivity contribution in [2.75, 3.05) is 14.2 Å². The number of carbonyl (C=O) groups is 1. The Labute approximate surface area is 220 Å². The van der Waals surface area contributed by atoms with Crippen LogP contribution in [0.3, 0.4) is 0 Å². The molecule has 0 aromatic heterocycles. The lowest BCUT2D eigenvalue weighted by molar-refractivity contribution is -0.122. The van der Waals surface area contributed by atoms with E-state index in [2.05, 4.69) is 26.0 Å². The fourth-order valence-corrected chi connectivity index (χ4v) is 4.59. The summed E-state index contributed by atoms with van der Waals surface area (Å²) in [6, 6.07) is 10.1. The van der Waals surface area contributed by atoms with Crippen LogP contribution in [0.1, 0.15) is 77.6 Å². The molecule has 2 heterocycles. The first-order valence-electron chi connectivity index (χ1n) is 12.5. The van der Waals surface area contributed by atoms with Gasteiger partial charge < -0.3 is 24.7 Å². The van der Waals surface area contributed by atoms with Gasteiger partial charge in [0.05, 0.1) is 31.1 Å². The molecule has 0 saturated heterocycles. The fraction of sp³-hybridized carbons (Fsp3) is 0.533. The van der Waals surface area contributed by atoms with Crippen molar-refractivity contribution >= 4 is 5.91 Å². The number of nitrogens with two attached hydrogens (primary N) is 1. The molecule has 0 fully saturated rings. The van der Waals surface area contributed by atoms with Crippen molar-refractivity contribution < 1.29 is 23.7 Å². The monoisotopic (exact) mass is 508 g/mol. The molecular formula is C30H40N2O5. The average molecular weight is 509 g/mol. The highest BCUT2D eigenvalue weighted by Crippen LogP contribution is 2.45. The average Bonchev–Trinajstić information content (AvgIpc) is 3.30. The Kier molecular flexibility index (Phi) is 7.22. The zero-order chi connectivity index (χ0) is 28.0. The van der Waals surface area contributed by atoms with Crippen molar-refractivity contribution in [1.29, 1.82) is 5.26 Å². The normalized spacial score (nSPS) is 16.7. The maximum absolute atomic E-state index is 11.6. The van der Waals surface area contributed by atoms with Crippen LogP contribution in [-0.4, -0.2) is 31.3 Å². The molecule has 0 atom stereocenters. The highest BCUT2D eigenvalue weighted by Gasteiger charge is 2.37. The first-order valence-corrected chi connectivity index (χ1v) is 12.5. The molecule has 2 N–H and O–H groups in total. The third kappa shape index (κ3) is 5.64. The maximum Gasteiger partial charge on any atom is 0.227 e. The Bertz CT molecular complexity index is 1250. The highest BCUT2D eigenvalue weighted by atomic mass is 16.5. The summed E-state index contributed by atoms with van der Waals surface area (Å²) in [5, 5.41) is 9.24. The smallest absolute Gasteiger partial charge is 0.227 e. The van der Waals surface area contributed by atoms with Gasteiger partial charge in [-0.2, -0.15) is 5.26 Å². The predicted octanol–water partition coefficient (Wildman–Crippen LogP) is 5.38. The standard InChI is InChI=1S/C15H21NO3.C15H19NO2/c1-14(2)8-9-6-10(15(3,4)13(16)17)7-11(18-5)12(9)19-14;1-14(2,9-16)11-6-10-8-15(3,4)18-13(10)12(7-11)17-5/h6-7H,8H2,1-5H3,(H2,16,17);6-7H,8H2,1-5H3. The third-order valence-electron chi connectivity index (χ3n) is 7.03. The van der Waals surface area contributed by atoms with Gasteiger partial charge in [0.1, 0.15) is 11.2 Å². The Balaban J connectivity index is 0.000000206. The number of fused-ring (bicyclic) bond motifs is 2. The molecule has 2 aliphatic heterocycles. The lowest BCUT2D eigenvalue weighted by Crippen LogP contribution is -2.35. The molecule has 200 valence electrons. The van der Waals surface area contributed by atoms with E-state index in [4.69, 9.17) is 24.7 Å². The molecule has 0 aliphatic carbocycles. The number of methoxy groups -OCH3 is 2. The minimum absolute atomic E-state index is 0.203. The summed E-state index contributed by atoms with van der Waals surface area (Å²) in [6.45, 7) is 15.6. The van der Waals surface area contributed by atoms with E-state index in [-0.39, 0.29) is 17.1 Å². The van der Waals surface area contributed by atoms with Gasteiger partial charge in [-0.05, 0) is 78.6 Å². The summed E-state index contributed by atoms with van der Waals surface area (Å²) in [4.78, 5) is 11.6. The number of carbonyl (C=O) groups excluding carboxylic acids is 1. The van der Waals surface area contributed by atoms with E-state index in [1.54, 1.807) is 14.2 Å². The number of nitriles is 1. The van der Waals surface area contributed by atoms with Crippen LogP contribution in [0, 0.1) is 11.3 Å². The van der Waals surface area contributed by atoms with E-state index in [1.807, 2.05) is 59.7 Å². The predicted molar refractivity (Wildman–Crippen MR) is 144 cm³/mol. The zero-order valence-electron chi connectivity index (χ0n) is 23.8. The van der Waals surface area contributed by atoms with E-state index < -0.39 is 10.8 Å². The molecule has 2 aromatic carbocycles. The van der Waals surface area contributed by atoms with Gasteiger partial charge in [-0.25, -0.2) is 0 Å². The Morgan fingerprint density at radius 3 is 1.65 bits per heavy atom. The zero-order valence-corrected chi connectivity index (χ0v) is 23.8. The van der Waals surface area contributed by atoms with Crippen molar-refractivity contribution in [1.82, 2.24) is 0 Å². The first-order chi connectivity index (χ1) is 17.0. The topological polar surface area (TPSA) is 104 Å². The van der Waals surface area contributed by atoms with Gasteiger partial charge >= 0.3 is 0 Å². The van der Waals surface area contributed by atoms with Crippen LogP contribution in [0.15, 0.2) is 24.3 Å². The molecule has 2 aliphatic rings. The fourth-order valence-electron chi connectivity index (χ4n) is 4.59. The minimum Gasteiger partial charge on any atom is -0.493 e. The summed E-state index contributed by atoms with van der Waals surface area (Å²) < 4.78 is 22.6. The summed E-state index contributed by atoms with van der Waals surface area (Å²) in [5.74, 6) is 2.62. The number of benzene rings is 2. The van der Waals surface area contributed by atoms with Gasteiger partial charge in [0.2, 0.25) is 5.91 Å². The SMILES string of the molecule is COc1cc(C(C)(C)C#N)cc2c1OC(C)(C)C2.COc1cc(C(C)(C)C(N)=O)cc2c1OC(C)(C)C2. The van der Waals surface area contributed by atoms with Gasteiger partial charge in [-0.1, -0.05) is 12.1 Å². The van der Waals surface area contributed by atoms with E-state index >= 15 is 0 Å². The molecule has 7 nitrogen and oxygen atoms in total. The van der Waals surface area contributed by atoms with Gasteiger partial charge in [0.25, 0.3) is 0 Å². The number of hydrogen-bond donors (Lipinski definition) is 1. The Morgan fingerprint density at radius 1 is 0.865 bits per heavy atom. The highest BCUT2D eigenvalue weighted by molar-refractivity contribution is 5.86. The van der Waals surface area contributed by atoms with Crippen LogP contribution in [0.2, 0.25) is 0 Å². The summed E-state index contributed by atoms with van der Waals surface area (Å²) in [5.41, 5.74) is 7.81. The van der Waals surface area contributed by atoms with Crippen molar-refractivity contribution in [2.45, 2.75) is 90.3 Å². The first kappa shape index (κ1) is 28.2. The van der Waals surface area contributed by atoms with Crippen molar-refractivity contribution in [2.24, 2.45) is 5.73 Å². The van der Waals surface area contributed by atoms with E-state index in [0.717, 1.165) is 52.3 Å². The number of ether oxygens (including phenoxy) is 4. The van der Waals surface area contributed by atoms with E-state index in [1.165, 1.54) is 0 Å². The lowest BCUT2D eigenvalue weighted by Gasteiger charge is -2.22. The molecule has 4 rings (SSSR count). The Hall–Kier alpha value is -3.40. The van der Waals surface area contributed by atoms with Crippen LogP contribution in [-0.2, 0) is 28.5 Å². The quantitative estimate of drug-likeness (QED) is 0.581. The van der Waals surface area contributed by atoms with Crippen LogP contribution < -0.4 is 24.7 Å². The second-order valence-electron chi connectivity index (χ2n) is 12.1. The van der Waals surface area contributed by atoms with Gasteiger partial charge in [0, 0.05) is 24.0 Å². The van der Waals surface area contributed by atoms with Gasteiger partial charge in [0.15, 0.2) is 23.0 Å². The second-order valence-corrected chi connectivity index (χ2v) is 12.1. The number of primary amides is 1. The number of nitrogens with zero attached hydrogens (tertiary/aromatic N) is 1. The molecule has 0 radical (unpaired) electrons. The number of amides is 1. The molecule has 0 unspecified atom stereocenters. The van der Waals surface area contributed by atoms with E-state index in [0.29, 0.717) is 5.75 Å². The molecule has 1 amide bonds. The van der Waals surface area contributed by atoms with Crippen LogP contribution >= 0.6 is 0 Å². The maximum atomic E-state index is 11.6. The molecule has 2 aromatic rings. The molecule has 0 bridgehead atoms. The van der Waals surface area contributed by atoms with Crippen molar-refractivity contribution in [3.8, 4) is 29.1 Å². The molecule has 7 heteroatoms. The molecule has 0 saturated carbocycles. The summed E-state index contributed by atoms with van der Waals surface area (Å²) >= 11 is 0. The molecule has 0 spiro atoms. The van der Waals surface area contributed by atoms with Crippen molar-refractivity contribution in [3.05, 3.63) is 46.5 Å². The molecule has 37 heavy (non-hydrogen) atoms. The Morgan fingerprint density at radius 2 is 1.27 bits per heavy atom. The third-order valence-corrected chi connectivity index (χ3v) is 7.03. The van der Waals surface area contributed by atoms with Crippen LogP contribution in [0.5, 0.6) is 23.0 Å². The summed E-state index contributed by atoms with van der Waals surface area (Å²) in [7, 11) is 3.23. The van der Waals surface area contributed by atoms with E-state index in [9.17, 15) is 10.1 Å². The number of hydrogen-bond acceptors (Lipinski definition) is 6. The largest absolute Gasteiger partial charge is 0.493 e. The lowest BCUT2D eigenvalue weighted by atomic mass is 9.82. The number of rotatable bonds is 5. The van der Waals surface area contributed by atoms with Crippen molar-refractivity contribution in [3.63, 3.8) is 0 Å². The van der Waals surface area contributed by atoms with Gasteiger partial charge in [-0.3, -0.25) is 4.79 Å². The van der Waals surface area contributed by atoms with Gasteiger partial charge in [-0.15, -0.1) is 0 Å². The van der Waals surface area contributed by atoms with Crippen LogP contribution in [0.25, 0.3) is 0 Å². The second kappa shape index (κ2) is 9.48.